The Morgan fingerprint density at radius 3 is 2.29 bits per heavy atom. The first-order valence-corrected chi connectivity index (χ1v) is 4.85. The maximum Gasteiger partial charge on any atom is 0.0626 e. The van der Waals surface area contributed by atoms with Crippen LogP contribution < -0.4 is 5.73 Å². The monoisotopic (exact) mass is 190 g/mol. The average Bonchev–Trinajstić information content (AvgIpc) is 2.14. The predicted molar refractivity (Wildman–Crippen MR) is 62.0 cm³/mol. The first-order valence-electron chi connectivity index (χ1n) is 4.85. The molecule has 76 valence electrons. The van der Waals surface area contributed by atoms with Crippen molar-refractivity contribution in [3.05, 3.63) is 30.3 Å². The lowest BCUT2D eigenvalue weighted by Gasteiger charge is -2.23. The third-order valence-corrected chi connectivity index (χ3v) is 2.14. The number of aliphatic imine (C=N–C) groups is 1. The Hall–Kier alpha value is -1.15. The molecule has 0 spiro atoms. The fourth-order valence-electron chi connectivity index (χ4n) is 0.904. The van der Waals surface area contributed by atoms with E-state index in [1.807, 2.05) is 36.5 Å². The Bertz CT molecular complexity index is 296. The van der Waals surface area contributed by atoms with Crippen molar-refractivity contribution in [1.29, 1.82) is 0 Å². The number of nitrogens with two attached hydrogens (primary N) is 1. The SMILES string of the molecule is CC(C)(C)[C@H](N)C=Nc1ccccc1. The van der Waals surface area contributed by atoms with Gasteiger partial charge in [-0.1, -0.05) is 39.0 Å². The van der Waals surface area contributed by atoms with Crippen LogP contribution in [0.15, 0.2) is 35.3 Å². The van der Waals surface area contributed by atoms with Crippen molar-refractivity contribution in [1.82, 2.24) is 0 Å². The van der Waals surface area contributed by atoms with E-state index in [2.05, 4.69) is 25.8 Å². The molecular weight excluding hydrogens is 172 g/mol. The molecule has 1 atom stereocenters. The summed E-state index contributed by atoms with van der Waals surface area (Å²) in [5, 5.41) is 0. The van der Waals surface area contributed by atoms with E-state index < -0.39 is 0 Å². The number of nitrogens with zero attached hydrogens (tertiary/aromatic N) is 1. The molecule has 1 rings (SSSR count). The summed E-state index contributed by atoms with van der Waals surface area (Å²) in [7, 11) is 0. The Morgan fingerprint density at radius 1 is 1.21 bits per heavy atom. The fourth-order valence-corrected chi connectivity index (χ4v) is 0.904. The Kier molecular flexibility index (Phi) is 3.42. The van der Waals surface area contributed by atoms with Crippen molar-refractivity contribution >= 4 is 11.9 Å². The van der Waals surface area contributed by atoms with Crippen molar-refractivity contribution in [2.24, 2.45) is 16.1 Å². The van der Waals surface area contributed by atoms with Crippen LogP contribution in [0, 0.1) is 5.41 Å². The molecule has 0 aliphatic rings. The number of rotatable bonds is 2. The minimum Gasteiger partial charge on any atom is -0.323 e. The fraction of sp³-hybridized carbons (Fsp3) is 0.417. The van der Waals surface area contributed by atoms with Crippen LogP contribution >= 0.6 is 0 Å². The van der Waals surface area contributed by atoms with Crippen LogP contribution in [0.2, 0.25) is 0 Å². The minimum absolute atomic E-state index is 0.0114. The average molecular weight is 190 g/mol. The van der Waals surface area contributed by atoms with Crippen LogP contribution in [0.4, 0.5) is 5.69 Å². The zero-order valence-electron chi connectivity index (χ0n) is 9.07. The maximum atomic E-state index is 5.95. The molecule has 0 fully saturated rings. The number of benzene rings is 1. The Balaban J connectivity index is 2.66. The summed E-state index contributed by atoms with van der Waals surface area (Å²) in [5.41, 5.74) is 6.97. The summed E-state index contributed by atoms with van der Waals surface area (Å²) >= 11 is 0. The number of hydrogen-bond acceptors (Lipinski definition) is 2. The lowest BCUT2D eigenvalue weighted by molar-refractivity contribution is 0.386. The quantitative estimate of drug-likeness (QED) is 0.715. The van der Waals surface area contributed by atoms with Crippen LogP contribution in [-0.4, -0.2) is 12.3 Å². The van der Waals surface area contributed by atoms with E-state index in [1.165, 1.54) is 0 Å². The molecule has 0 bridgehead atoms. The second-order valence-corrected chi connectivity index (χ2v) is 4.51. The van der Waals surface area contributed by atoms with E-state index in [9.17, 15) is 0 Å². The van der Waals surface area contributed by atoms with Gasteiger partial charge in [-0.05, 0) is 17.5 Å². The zero-order chi connectivity index (χ0) is 10.6. The van der Waals surface area contributed by atoms with Gasteiger partial charge in [-0.3, -0.25) is 4.99 Å². The summed E-state index contributed by atoms with van der Waals surface area (Å²) in [6, 6.07) is 9.83. The molecule has 0 saturated heterocycles. The van der Waals surface area contributed by atoms with Gasteiger partial charge in [0, 0.05) is 12.3 Å². The highest BCUT2D eigenvalue weighted by atomic mass is 14.8. The van der Waals surface area contributed by atoms with Crippen LogP contribution in [-0.2, 0) is 0 Å². The highest BCUT2D eigenvalue weighted by Gasteiger charge is 2.18. The molecule has 0 heterocycles. The molecule has 2 heteroatoms. The predicted octanol–water partition coefficient (Wildman–Crippen LogP) is 2.76. The molecule has 1 aromatic carbocycles. The molecule has 0 amide bonds. The molecule has 0 unspecified atom stereocenters. The third kappa shape index (κ3) is 3.30. The van der Waals surface area contributed by atoms with Crippen molar-refractivity contribution < 1.29 is 0 Å². The molecular formula is C12H18N2. The van der Waals surface area contributed by atoms with Crippen LogP contribution in [0.1, 0.15) is 20.8 Å². The van der Waals surface area contributed by atoms with Gasteiger partial charge in [-0.2, -0.15) is 0 Å². The first-order chi connectivity index (χ1) is 6.50. The Labute approximate surface area is 85.9 Å². The van der Waals surface area contributed by atoms with Crippen LogP contribution in [0.3, 0.4) is 0 Å². The molecule has 0 saturated carbocycles. The van der Waals surface area contributed by atoms with E-state index >= 15 is 0 Å². The van der Waals surface area contributed by atoms with Crippen molar-refractivity contribution in [3.63, 3.8) is 0 Å². The highest BCUT2D eigenvalue weighted by molar-refractivity contribution is 5.69. The topological polar surface area (TPSA) is 38.4 Å². The van der Waals surface area contributed by atoms with Gasteiger partial charge in [0.25, 0.3) is 0 Å². The number of para-hydroxylation sites is 1. The van der Waals surface area contributed by atoms with Gasteiger partial charge in [-0.15, -0.1) is 0 Å². The third-order valence-electron chi connectivity index (χ3n) is 2.14. The van der Waals surface area contributed by atoms with E-state index in [-0.39, 0.29) is 11.5 Å². The van der Waals surface area contributed by atoms with Gasteiger partial charge in [-0.25, -0.2) is 0 Å². The molecule has 2 N–H and O–H groups in total. The smallest absolute Gasteiger partial charge is 0.0626 e. The Morgan fingerprint density at radius 2 is 1.79 bits per heavy atom. The highest BCUT2D eigenvalue weighted by Crippen LogP contribution is 2.17. The van der Waals surface area contributed by atoms with E-state index in [1.54, 1.807) is 0 Å². The summed E-state index contributed by atoms with van der Waals surface area (Å²) < 4.78 is 0. The van der Waals surface area contributed by atoms with E-state index in [0.29, 0.717) is 0 Å². The van der Waals surface area contributed by atoms with Gasteiger partial charge in [0.05, 0.1) is 5.69 Å². The van der Waals surface area contributed by atoms with Crippen LogP contribution in [0.5, 0.6) is 0 Å². The molecule has 0 aliphatic heterocycles. The van der Waals surface area contributed by atoms with Crippen molar-refractivity contribution in [2.75, 3.05) is 0 Å². The summed E-state index contributed by atoms with van der Waals surface area (Å²) in [5.74, 6) is 0. The van der Waals surface area contributed by atoms with Gasteiger partial charge in [0.2, 0.25) is 0 Å². The summed E-state index contributed by atoms with van der Waals surface area (Å²) in [6.45, 7) is 6.32. The van der Waals surface area contributed by atoms with E-state index in [4.69, 9.17) is 5.73 Å². The van der Waals surface area contributed by atoms with Gasteiger partial charge < -0.3 is 5.73 Å². The summed E-state index contributed by atoms with van der Waals surface area (Å²) in [6.07, 6.45) is 1.81. The largest absolute Gasteiger partial charge is 0.323 e. The molecule has 0 aromatic heterocycles. The summed E-state index contributed by atoms with van der Waals surface area (Å²) in [4.78, 5) is 4.32. The maximum absolute atomic E-state index is 5.95. The van der Waals surface area contributed by atoms with Crippen molar-refractivity contribution in [3.8, 4) is 0 Å². The standard InChI is InChI=1S/C12H18N2/c1-12(2,3)11(13)9-14-10-7-5-4-6-8-10/h4-9,11H,13H2,1-3H3/t11-/m1/s1. The molecule has 2 nitrogen and oxygen atoms in total. The molecule has 14 heavy (non-hydrogen) atoms. The van der Waals surface area contributed by atoms with Gasteiger partial charge in [0.15, 0.2) is 0 Å². The number of hydrogen-bond donors (Lipinski definition) is 1. The van der Waals surface area contributed by atoms with Gasteiger partial charge >= 0.3 is 0 Å². The first kappa shape index (κ1) is 10.9. The molecule has 0 radical (unpaired) electrons. The van der Waals surface area contributed by atoms with Gasteiger partial charge in [0.1, 0.15) is 0 Å². The second kappa shape index (κ2) is 4.38. The lowest BCUT2D eigenvalue weighted by Crippen LogP contribution is -2.36. The van der Waals surface area contributed by atoms with Crippen molar-refractivity contribution in [2.45, 2.75) is 26.8 Å². The van der Waals surface area contributed by atoms with E-state index in [0.717, 1.165) is 5.69 Å². The minimum atomic E-state index is -0.0114. The second-order valence-electron chi connectivity index (χ2n) is 4.51. The zero-order valence-corrected chi connectivity index (χ0v) is 9.07. The van der Waals surface area contributed by atoms with Crippen LogP contribution in [0.25, 0.3) is 0 Å². The molecule has 0 aliphatic carbocycles. The molecule has 1 aromatic rings. The normalized spacial score (nSPS) is 14.6. The lowest BCUT2D eigenvalue weighted by atomic mass is 9.88.